The summed E-state index contributed by atoms with van der Waals surface area (Å²) in [6, 6.07) is 12.8. The molecule has 0 fully saturated rings. The number of aromatic nitrogens is 2. The Hall–Kier alpha value is -2.73. The Morgan fingerprint density at radius 1 is 1.24 bits per heavy atom. The molecular formula is C18H19ClN4O2. The predicted octanol–water partition coefficient (Wildman–Crippen LogP) is 4.80. The molecule has 0 atom stereocenters. The number of fused-ring (bicyclic) bond motifs is 1. The van der Waals surface area contributed by atoms with Crippen LogP contribution < -0.4 is 11.1 Å². The third-order valence-electron chi connectivity index (χ3n) is 3.43. The number of benzene rings is 2. The SMILES string of the molecule is CC(C)(C)OC(=O)n1nc(N)c2ccc(Nc3ccccc3Cl)cc21. The number of hydrogen-bond acceptors (Lipinski definition) is 5. The van der Waals surface area contributed by atoms with E-state index < -0.39 is 11.7 Å². The Balaban J connectivity index is 2.00. The van der Waals surface area contributed by atoms with Gasteiger partial charge in [-0.3, -0.25) is 0 Å². The van der Waals surface area contributed by atoms with Gasteiger partial charge in [0.2, 0.25) is 0 Å². The van der Waals surface area contributed by atoms with Crippen molar-refractivity contribution in [2.24, 2.45) is 0 Å². The van der Waals surface area contributed by atoms with Crippen LogP contribution in [0, 0.1) is 0 Å². The second-order valence-corrected chi connectivity index (χ2v) is 7.02. The first kappa shape index (κ1) is 17.1. The molecule has 25 heavy (non-hydrogen) atoms. The van der Waals surface area contributed by atoms with Crippen molar-refractivity contribution in [1.29, 1.82) is 0 Å². The van der Waals surface area contributed by atoms with Crippen molar-refractivity contribution in [3.8, 4) is 0 Å². The van der Waals surface area contributed by atoms with E-state index in [2.05, 4.69) is 10.4 Å². The Morgan fingerprint density at radius 2 is 1.96 bits per heavy atom. The second kappa shape index (κ2) is 6.29. The van der Waals surface area contributed by atoms with Gasteiger partial charge in [-0.2, -0.15) is 4.68 Å². The molecule has 0 bridgehead atoms. The van der Waals surface area contributed by atoms with Crippen LogP contribution in [0.25, 0.3) is 10.9 Å². The van der Waals surface area contributed by atoms with Crippen molar-refractivity contribution in [1.82, 2.24) is 9.78 Å². The van der Waals surface area contributed by atoms with Crippen LogP contribution in [0.15, 0.2) is 42.5 Å². The zero-order valence-electron chi connectivity index (χ0n) is 14.2. The number of hydrogen-bond donors (Lipinski definition) is 2. The summed E-state index contributed by atoms with van der Waals surface area (Å²) in [5.74, 6) is 0.269. The van der Waals surface area contributed by atoms with Crippen LogP contribution in [0.1, 0.15) is 20.8 Å². The molecule has 6 nitrogen and oxygen atoms in total. The van der Waals surface area contributed by atoms with Gasteiger partial charge in [-0.15, -0.1) is 5.10 Å². The maximum Gasteiger partial charge on any atom is 0.435 e. The minimum atomic E-state index is -0.627. The first-order chi connectivity index (χ1) is 11.7. The Morgan fingerprint density at radius 3 is 2.64 bits per heavy atom. The number of nitrogen functional groups attached to an aromatic ring is 1. The highest BCUT2D eigenvalue weighted by atomic mass is 35.5. The lowest BCUT2D eigenvalue weighted by molar-refractivity contribution is 0.0523. The van der Waals surface area contributed by atoms with Crippen LogP contribution in [0.2, 0.25) is 5.02 Å². The topological polar surface area (TPSA) is 82.2 Å². The largest absolute Gasteiger partial charge is 0.442 e. The summed E-state index contributed by atoms with van der Waals surface area (Å²) in [6.45, 7) is 5.39. The Kier molecular flexibility index (Phi) is 4.30. The first-order valence-electron chi connectivity index (χ1n) is 7.78. The summed E-state index contributed by atoms with van der Waals surface area (Å²) in [4.78, 5) is 12.4. The van der Waals surface area contributed by atoms with Gasteiger partial charge in [-0.1, -0.05) is 23.7 Å². The molecule has 3 N–H and O–H groups in total. The van der Waals surface area contributed by atoms with E-state index in [9.17, 15) is 4.79 Å². The van der Waals surface area contributed by atoms with Crippen LogP contribution in [0.3, 0.4) is 0 Å². The fraction of sp³-hybridized carbons (Fsp3) is 0.222. The molecule has 0 radical (unpaired) electrons. The number of nitrogens with zero attached hydrogens (tertiary/aromatic N) is 2. The number of para-hydroxylation sites is 1. The monoisotopic (exact) mass is 358 g/mol. The van der Waals surface area contributed by atoms with E-state index in [1.165, 1.54) is 4.68 Å². The van der Waals surface area contributed by atoms with Crippen molar-refractivity contribution in [2.45, 2.75) is 26.4 Å². The predicted molar refractivity (Wildman–Crippen MR) is 101 cm³/mol. The van der Waals surface area contributed by atoms with E-state index in [-0.39, 0.29) is 5.82 Å². The third kappa shape index (κ3) is 3.69. The van der Waals surface area contributed by atoms with E-state index in [1.54, 1.807) is 39.0 Å². The van der Waals surface area contributed by atoms with Crippen LogP contribution in [-0.2, 0) is 4.74 Å². The van der Waals surface area contributed by atoms with Gasteiger partial charge in [-0.05, 0) is 51.1 Å². The molecule has 0 saturated carbocycles. The number of carbonyl (C=O) groups excluding carboxylic acids is 1. The zero-order valence-corrected chi connectivity index (χ0v) is 15.0. The quantitative estimate of drug-likeness (QED) is 0.687. The molecule has 0 spiro atoms. The Bertz CT molecular complexity index is 944. The average molecular weight is 359 g/mol. The molecule has 130 valence electrons. The van der Waals surface area contributed by atoms with E-state index >= 15 is 0 Å². The number of halogens is 1. The molecule has 3 aromatic rings. The van der Waals surface area contributed by atoms with Crippen LogP contribution in [0.4, 0.5) is 22.0 Å². The second-order valence-electron chi connectivity index (χ2n) is 6.61. The lowest BCUT2D eigenvalue weighted by Crippen LogP contribution is -2.27. The van der Waals surface area contributed by atoms with E-state index in [0.717, 1.165) is 11.4 Å². The van der Waals surface area contributed by atoms with Crippen LogP contribution >= 0.6 is 11.6 Å². The Labute approximate surface area is 150 Å². The fourth-order valence-corrected chi connectivity index (χ4v) is 2.56. The van der Waals surface area contributed by atoms with Crippen molar-refractivity contribution < 1.29 is 9.53 Å². The smallest absolute Gasteiger partial charge is 0.435 e. The average Bonchev–Trinajstić information content (AvgIpc) is 2.85. The van der Waals surface area contributed by atoms with E-state index in [4.69, 9.17) is 22.1 Å². The summed E-state index contributed by atoms with van der Waals surface area (Å²) >= 11 is 6.18. The molecule has 3 rings (SSSR count). The third-order valence-corrected chi connectivity index (χ3v) is 3.76. The fourth-order valence-electron chi connectivity index (χ4n) is 2.38. The standard InChI is InChI=1S/C18H19ClN4O2/c1-18(2,3)25-17(24)23-15-10-11(8-9-12(15)16(20)22-23)21-14-7-5-4-6-13(14)19/h4-10,21H,1-3H3,(H2,20,22). The van der Waals surface area contributed by atoms with Gasteiger partial charge in [0.15, 0.2) is 5.82 Å². The molecule has 1 heterocycles. The summed E-state index contributed by atoms with van der Waals surface area (Å²) in [7, 11) is 0. The highest BCUT2D eigenvalue weighted by Gasteiger charge is 2.21. The lowest BCUT2D eigenvalue weighted by Gasteiger charge is -2.19. The normalized spacial score (nSPS) is 11.5. The summed E-state index contributed by atoms with van der Waals surface area (Å²) in [5.41, 5.74) is 7.37. The number of rotatable bonds is 2. The van der Waals surface area contributed by atoms with Gasteiger partial charge in [0.1, 0.15) is 5.60 Å². The molecule has 0 aliphatic carbocycles. The highest BCUT2D eigenvalue weighted by molar-refractivity contribution is 6.33. The maximum atomic E-state index is 12.4. The number of carbonyl (C=O) groups is 1. The minimum Gasteiger partial charge on any atom is -0.442 e. The van der Waals surface area contributed by atoms with Gasteiger partial charge in [0.05, 0.1) is 16.2 Å². The van der Waals surface area contributed by atoms with E-state index in [1.807, 2.05) is 24.3 Å². The summed E-state index contributed by atoms with van der Waals surface area (Å²) < 4.78 is 6.56. The van der Waals surface area contributed by atoms with Gasteiger partial charge in [0.25, 0.3) is 0 Å². The molecule has 0 amide bonds. The summed E-state index contributed by atoms with van der Waals surface area (Å²) in [6.07, 6.45) is -0.580. The molecule has 0 aliphatic heterocycles. The number of anilines is 3. The van der Waals surface area contributed by atoms with Gasteiger partial charge in [-0.25, -0.2) is 4.79 Å². The highest BCUT2D eigenvalue weighted by Crippen LogP contribution is 2.29. The van der Waals surface area contributed by atoms with Crippen molar-refractivity contribution in [3.05, 3.63) is 47.5 Å². The number of nitrogens with two attached hydrogens (primary N) is 1. The first-order valence-corrected chi connectivity index (χ1v) is 8.15. The lowest BCUT2D eigenvalue weighted by atomic mass is 10.2. The molecule has 1 aromatic heterocycles. The van der Waals surface area contributed by atoms with Gasteiger partial charge >= 0.3 is 6.09 Å². The van der Waals surface area contributed by atoms with Crippen molar-refractivity contribution in [3.63, 3.8) is 0 Å². The minimum absolute atomic E-state index is 0.269. The van der Waals surface area contributed by atoms with Gasteiger partial charge in [0, 0.05) is 11.1 Å². The molecule has 0 aliphatic rings. The maximum absolute atomic E-state index is 12.4. The van der Waals surface area contributed by atoms with Crippen LogP contribution in [-0.4, -0.2) is 21.5 Å². The zero-order chi connectivity index (χ0) is 18.2. The van der Waals surface area contributed by atoms with E-state index in [0.29, 0.717) is 15.9 Å². The molecule has 7 heteroatoms. The van der Waals surface area contributed by atoms with Crippen molar-refractivity contribution >= 4 is 45.8 Å². The van der Waals surface area contributed by atoms with Gasteiger partial charge < -0.3 is 15.8 Å². The molecule has 0 saturated heterocycles. The summed E-state index contributed by atoms with van der Waals surface area (Å²) in [5, 5.41) is 8.60. The molecule has 2 aromatic carbocycles. The molecule has 0 unspecified atom stereocenters. The number of nitrogens with one attached hydrogen (secondary N) is 1. The van der Waals surface area contributed by atoms with Crippen molar-refractivity contribution in [2.75, 3.05) is 11.1 Å². The molecular weight excluding hydrogens is 340 g/mol. The number of ether oxygens (including phenoxy) is 1. The van der Waals surface area contributed by atoms with Crippen LogP contribution in [0.5, 0.6) is 0 Å².